The molecule has 0 aromatic heterocycles. The summed E-state index contributed by atoms with van der Waals surface area (Å²) in [6.45, 7) is 7.29. The number of nitrogens with two attached hydrogens (primary N) is 1. The average Bonchev–Trinajstić information content (AvgIpc) is 2.21. The van der Waals surface area contributed by atoms with Crippen molar-refractivity contribution < 1.29 is 9.53 Å². The van der Waals surface area contributed by atoms with Crippen molar-refractivity contribution in [1.82, 2.24) is 4.90 Å². The SMILES string of the molecule is CSCCC(N)C(=O)N1CC(C)OC(C)(C)C1. The molecule has 2 N–H and O–H groups in total. The normalized spacial score (nSPS) is 25.7. The van der Waals surface area contributed by atoms with E-state index in [2.05, 4.69) is 0 Å². The van der Waals surface area contributed by atoms with Gasteiger partial charge >= 0.3 is 0 Å². The summed E-state index contributed by atoms with van der Waals surface area (Å²) in [6.07, 6.45) is 2.85. The summed E-state index contributed by atoms with van der Waals surface area (Å²) in [6, 6.07) is -0.372. The zero-order valence-corrected chi connectivity index (χ0v) is 12.0. The van der Waals surface area contributed by atoms with Crippen LogP contribution in [0.15, 0.2) is 0 Å². The molecule has 1 aliphatic heterocycles. The molecule has 0 aromatic rings. The van der Waals surface area contributed by atoms with E-state index >= 15 is 0 Å². The molecule has 1 rings (SSSR count). The van der Waals surface area contributed by atoms with Crippen LogP contribution in [0, 0.1) is 0 Å². The molecular formula is C12H24N2O2S. The van der Waals surface area contributed by atoms with Crippen LogP contribution < -0.4 is 5.73 Å². The minimum Gasteiger partial charge on any atom is -0.369 e. The standard InChI is InChI=1S/C12H24N2O2S/c1-9-7-14(8-12(2,3)16-9)11(15)10(13)5-6-17-4/h9-10H,5-8,13H2,1-4H3. The van der Waals surface area contributed by atoms with Crippen molar-refractivity contribution in [3.05, 3.63) is 0 Å². The predicted molar refractivity (Wildman–Crippen MR) is 72.2 cm³/mol. The highest BCUT2D eigenvalue weighted by atomic mass is 32.2. The van der Waals surface area contributed by atoms with Gasteiger partial charge in [0, 0.05) is 13.1 Å². The Morgan fingerprint density at radius 1 is 1.65 bits per heavy atom. The molecule has 0 aliphatic carbocycles. The Morgan fingerprint density at radius 2 is 2.29 bits per heavy atom. The summed E-state index contributed by atoms with van der Waals surface area (Å²) >= 11 is 1.72. The maximum Gasteiger partial charge on any atom is 0.239 e. The van der Waals surface area contributed by atoms with Crippen LogP contribution in [0.5, 0.6) is 0 Å². The number of nitrogens with zero attached hydrogens (tertiary/aromatic N) is 1. The van der Waals surface area contributed by atoms with Crippen molar-refractivity contribution >= 4 is 17.7 Å². The summed E-state index contributed by atoms with van der Waals surface area (Å²) in [7, 11) is 0. The molecule has 4 nitrogen and oxygen atoms in total. The molecule has 0 saturated carbocycles. The molecule has 2 atom stereocenters. The number of ether oxygens (including phenoxy) is 1. The third kappa shape index (κ3) is 4.48. The van der Waals surface area contributed by atoms with Crippen LogP contribution in [0.2, 0.25) is 0 Å². The maximum atomic E-state index is 12.2. The monoisotopic (exact) mass is 260 g/mol. The molecule has 1 aliphatic rings. The highest BCUT2D eigenvalue weighted by molar-refractivity contribution is 7.98. The van der Waals surface area contributed by atoms with E-state index in [0.29, 0.717) is 13.1 Å². The minimum atomic E-state index is -0.372. The van der Waals surface area contributed by atoms with E-state index < -0.39 is 0 Å². The number of amides is 1. The van der Waals surface area contributed by atoms with Gasteiger partial charge in [-0.1, -0.05) is 0 Å². The largest absolute Gasteiger partial charge is 0.369 e. The van der Waals surface area contributed by atoms with Gasteiger partial charge in [0.05, 0.1) is 17.7 Å². The maximum absolute atomic E-state index is 12.2. The Bertz CT molecular complexity index is 271. The first kappa shape index (κ1) is 14.8. The van der Waals surface area contributed by atoms with Crippen LogP contribution in [0.3, 0.4) is 0 Å². The topological polar surface area (TPSA) is 55.6 Å². The Kier molecular flexibility index (Phi) is 5.28. The van der Waals surface area contributed by atoms with E-state index in [1.165, 1.54) is 0 Å². The van der Waals surface area contributed by atoms with E-state index in [4.69, 9.17) is 10.5 Å². The Hall–Kier alpha value is -0.260. The van der Waals surface area contributed by atoms with E-state index in [1.54, 1.807) is 11.8 Å². The van der Waals surface area contributed by atoms with Gasteiger partial charge in [-0.3, -0.25) is 4.79 Å². The van der Waals surface area contributed by atoms with Crippen molar-refractivity contribution in [1.29, 1.82) is 0 Å². The molecule has 1 amide bonds. The number of hydrogen-bond donors (Lipinski definition) is 1. The first-order valence-electron chi connectivity index (χ1n) is 6.07. The van der Waals surface area contributed by atoms with Gasteiger partial charge < -0.3 is 15.4 Å². The van der Waals surface area contributed by atoms with Crippen molar-refractivity contribution in [2.45, 2.75) is 44.9 Å². The lowest BCUT2D eigenvalue weighted by molar-refractivity contribution is -0.159. The van der Waals surface area contributed by atoms with Gasteiger partial charge in [0.2, 0.25) is 5.91 Å². The zero-order valence-electron chi connectivity index (χ0n) is 11.2. The quantitative estimate of drug-likeness (QED) is 0.822. The van der Waals surface area contributed by atoms with E-state index in [1.807, 2.05) is 31.9 Å². The van der Waals surface area contributed by atoms with Gasteiger partial charge in [-0.2, -0.15) is 11.8 Å². The molecule has 0 radical (unpaired) electrons. The van der Waals surface area contributed by atoms with Crippen LogP contribution in [0.1, 0.15) is 27.2 Å². The number of carbonyl (C=O) groups is 1. The Balaban J connectivity index is 2.56. The lowest BCUT2D eigenvalue weighted by Crippen LogP contribution is -2.57. The van der Waals surface area contributed by atoms with E-state index in [0.717, 1.165) is 12.2 Å². The summed E-state index contributed by atoms with van der Waals surface area (Å²) < 4.78 is 5.78. The summed E-state index contributed by atoms with van der Waals surface area (Å²) in [4.78, 5) is 14.0. The lowest BCUT2D eigenvalue weighted by Gasteiger charge is -2.42. The van der Waals surface area contributed by atoms with E-state index in [-0.39, 0.29) is 23.7 Å². The van der Waals surface area contributed by atoms with Gasteiger partial charge in [0.25, 0.3) is 0 Å². The fraction of sp³-hybridized carbons (Fsp3) is 0.917. The molecule has 0 bridgehead atoms. The fourth-order valence-electron chi connectivity index (χ4n) is 2.22. The van der Waals surface area contributed by atoms with Crippen LogP contribution in [-0.4, -0.2) is 53.7 Å². The van der Waals surface area contributed by atoms with Crippen molar-refractivity contribution in [3.63, 3.8) is 0 Å². The second-order valence-corrected chi connectivity index (χ2v) is 6.28. The lowest BCUT2D eigenvalue weighted by atomic mass is 10.0. The summed E-state index contributed by atoms with van der Waals surface area (Å²) in [5.41, 5.74) is 5.65. The second-order valence-electron chi connectivity index (χ2n) is 5.29. The van der Waals surface area contributed by atoms with E-state index in [9.17, 15) is 4.79 Å². The molecule has 0 spiro atoms. The molecule has 1 fully saturated rings. The van der Waals surface area contributed by atoms with Gasteiger partial charge in [0.15, 0.2) is 0 Å². The second kappa shape index (κ2) is 6.07. The highest BCUT2D eigenvalue weighted by Gasteiger charge is 2.35. The molecular weight excluding hydrogens is 236 g/mol. The number of morpholine rings is 1. The van der Waals surface area contributed by atoms with Gasteiger partial charge in [-0.05, 0) is 39.2 Å². The smallest absolute Gasteiger partial charge is 0.239 e. The van der Waals surface area contributed by atoms with Gasteiger partial charge in [-0.15, -0.1) is 0 Å². The average molecular weight is 260 g/mol. The molecule has 0 aromatic carbocycles. The number of carbonyl (C=O) groups excluding carboxylic acids is 1. The Morgan fingerprint density at radius 3 is 2.82 bits per heavy atom. The molecule has 17 heavy (non-hydrogen) atoms. The molecule has 1 saturated heterocycles. The van der Waals surface area contributed by atoms with Crippen LogP contribution in [0.4, 0.5) is 0 Å². The van der Waals surface area contributed by atoms with Crippen LogP contribution >= 0.6 is 11.8 Å². The number of hydrogen-bond acceptors (Lipinski definition) is 4. The number of thioether (sulfide) groups is 1. The first-order valence-corrected chi connectivity index (χ1v) is 7.46. The van der Waals surface area contributed by atoms with Crippen LogP contribution in [0.25, 0.3) is 0 Å². The van der Waals surface area contributed by atoms with Crippen molar-refractivity contribution in [2.24, 2.45) is 5.73 Å². The highest BCUT2D eigenvalue weighted by Crippen LogP contribution is 2.21. The molecule has 100 valence electrons. The van der Waals surface area contributed by atoms with Gasteiger partial charge in [-0.25, -0.2) is 0 Å². The Labute approximate surface area is 108 Å². The molecule has 2 unspecified atom stereocenters. The fourth-order valence-corrected chi connectivity index (χ4v) is 2.71. The number of rotatable bonds is 4. The summed E-state index contributed by atoms with van der Waals surface area (Å²) in [5, 5.41) is 0. The first-order chi connectivity index (χ1) is 7.85. The molecule has 5 heteroatoms. The van der Waals surface area contributed by atoms with Crippen molar-refractivity contribution in [2.75, 3.05) is 25.1 Å². The summed E-state index contributed by atoms with van der Waals surface area (Å²) in [5.74, 6) is 0.984. The minimum absolute atomic E-state index is 0.0577. The van der Waals surface area contributed by atoms with Crippen molar-refractivity contribution in [3.8, 4) is 0 Å². The van der Waals surface area contributed by atoms with Gasteiger partial charge in [0.1, 0.15) is 0 Å². The zero-order chi connectivity index (χ0) is 13.1. The van der Waals surface area contributed by atoms with Crippen LogP contribution in [-0.2, 0) is 9.53 Å². The third-order valence-electron chi connectivity index (χ3n) is 2.83. The third-order valence-corrected chi connectivity index (χ3v) is 3.48. The molecule has 1 heterocycles. The predicted octanol–water partition coefficient (Wildman–Crippen LogP) is 1.09.